The zero-order valence-electron chi connectivity index (χ0n) is 13.5. The van der Waals surface area contributed by atoms with Gasteiger partial charge in [-0.1, -0.05) is 0 Å². The second kappa shape index (κ2) is 6.09. The van der Waals surface area contributed by atoms with Gasteiger partial charge in [0.15, 0.2) is 5.69 Å². The molecule has 0 spiro atoms. The summed E-state index contributed by atoms with van der Waals surface area (Å²) in [6, 6.07) is 1.36. The second-order valence-electron chi connectivity index (χ2n) is 6.39. The highest BCUT2D eigenvalue weighted by Crippen LogP contribution is 2.36. The Hall–Kier alpha value is -2.40. The van der Waals surface area contributed by atoms with Crippen LogP contribution < -0.4 is 0 Å². The third-order valence-electron chi connectivity index (χ3n) is 4.75. The third kappa shape index (κ3) is 2.76. The van der Waals surface area contributed by atoms with E-state index in [1.807, 2.05) is 0 Å². The van der Waals surface area contributed by atoms with E-state index in [0.717, 1.165) is 12.1 Å². The van der Waals surface area contributed by atoms with Crippen LogP contribution in [0.3, 0.4) is 0 Å². The van der Waals surface area contributed by atoms with Gasteiger partial charge in [-0.25, -0.2) is 17.2 Å². The molecule has 2 atom stereocenters. The van der Waals surface area contributed by atoms with Crippen molar-refractivity contribution in [2.24, 2.45) is 0 Å². The van der Waals surface area contributed by atoms with E-state index in [9.17, 15) is 22.0 Å². The van der Waals surface area contributed by atoms with E-state index in [2.05, 4.69) is 15.4 Å². The molecule has 1 N–H and O–H groups in total. The maximum absolute atomic E-state index is 13.5. The summed E-state index contributed by atoms with van der Waals surface area (Å²) < 4.78 is 54.1. The molecule has 2 aromatic rings. The summed E-state index contributed by atoms with van der Waals surface area (Å²) in [6.07, 6.45) is 2.46. The first-order chi connectivity index (χ1) is 12.4. The fraction of sp³-hybridized carbons (Fsp3) is 0.400. The van der Waals surface area contributed by atoms with Gasteiger partial charge >= 0.3 is 0 Å². The van der Waals surface area contributed by atoms with E-state index in [4.69, 9.17) is 0 Å². The van der Waals surface area contributed by atoms with Crippen molar-refractivity contribution in [2.45, 2.75) is 29.8 Å². The van der Waals surface area contributed by atoms with Crippen molar-refractivity contribution in [3.05, 3.63) is 41.7 Å². The highest BCUT2D eigenvalue weighted by Gasteiger charge is 2.48. The molecule has 11 heteroatoms. The summed E-state index contributed by atoms with van der Waals surface area (Å²) in [5.41, 5.74) is 0.160. The number of fused-ring (bicyclic) bond motifs is 2. The number of rotatable bonds is 3. The average molecular weight is 383 g/mol. The minimum atomic E-state index is -4.06. The molecule has 2 unspecified atom stereocenters. The van der Waals surface area contributed by atoms with Gasteiger partial charge in [-0.05, 0) is 25.0 Å². The van der Waals surface area contributed by atoms with Crippen LogP contribution >= 0.6 is 0 Å². The monoisotopic (exact) mass is 383 g/mol. The van der Waals surface area contributed by atoms with Crippen molar-refractivity contribution in [1.29, 1.82) is 0 Å². The van der Waals surface area contributed by atoms with Gasteiger partial charge < -0.3 is 4.90 Å². The normalized spacial score (nSPS) is 23.4. The van der Waals surface area contributed by atoms with Gasteiger partial charge in [0.05, 0.1) is 11.1 Å². The Morgan fingerprint density at radius 2 is 1.73 bits per heavy atom. The zero-order valence-corrected chi connectivity index (χ0v) is 14.3. The van der Waals surface area contributed by atoms with Crippen LogP contribution in [0.25, 0.3) is 0 Å². The number of hydrogen-bond acceptors (Lipinski definition) is 5. The number of aromatic amines is 1. The molecule has 2 saturated heterocycles. The van der Waals surface area contributed by atoms with E-state index >= 15 is 0 Å². The molecular weight excluding hydrogens is 368 g/mol. The van der Waals surface area contributed by atoms with Gasteiger partial charge in [0.1, 0.15) is 11.6 Å². The summed E-state index contributed by atoms with van der Waals surface area (Å²) in [4.78, 5) is 13.6. The number of likely N-dealkylation sites (tertiary alicyclic amines) is 1. The van der Waals surface area contributed by atoms with Crippen LogP contribution in [0.5, 0.6) is 0 Å². The average Bonchev–Trinajstić information content (AvgIpc) is 3.20. The van der Waals surface area contributed by atoms with Gasteiger partial charge in [-0.15, -0.1) is 0 Å². The van der Waals surface area contributed by atoms with Gasteiger partial charge in [0.2, 0.25) is 10.0 Å². The predicted octanol–water partition coefficient (Wildman–Crippen LogP) is 0.761. The number of nitrogens with one attached hydrogen (secondary N) is 1. The van der Waals surface area contributed by atoms with Crippen LogP contribution in [0.4, 0.5) is 8.78 Å². The molecule has 8 nitrogen and oxygen atoms in total. The quantitative estimate of drug-likeness (QED) is 0.844. The Labute approximate surface area is 147 Å². The Balaban J connectivity index is 1.61. The van der Waals surface area contributed by atoms with Crippen molar-refractivity contribution < 1.29 is 22.0 Å². The topological polar surface area (TPSA) is 99.3 Å². The molecule has 1 aromatic heterocycles. The van der Waals surface area contributed by atoms with E-state index < -0.39 is 38.6 Å². The van der Waals surface area contributed by atoms with Crippen LogP contribution in [0.2, 0.25) is 0 Å². The Bertz CT molecular complexity index is 916. The van der Waals surface area contributed by atoms with Gasteiger partial charge in [0.25, 0.3) is 5.91 Å². The van der Waals surface area contributed by atoms with Crippen molar-refractivity contribution in [3.63, 3.8) is 0 Å². The number of carbonyl (C=O) groups is 1. The Morgan fingerprint density at radius 3 is 2.27 bits per heavy atom. The smallest absolute Gasteiger partial charge is 0.276 e. The van der Waals surface area contributed by atoms with E-state index in [-0.39, 0.29) is 24.7 Å². The van der Waals surface area contributed by atoms with Gasteiger partial charge in [0, 0.05) is 31.2 Å². The molecule has 1 amide bonds. The predicted molar refractivity (Wildman–Crippen MR) is 84.5 cm³/mol. The number of H-pyrrole nitrogens is 1. The molecule has 0 aliphatic carbocycles. The van der Waals surface area contributed by atoms with E-state index in [1.165, 1.54) is 10.5 Å². The number of piperazine rings is 1. The van der Waals surface area contributed by atoms with Crippen molar-refractivity contribution in [1.82, 2.24) is 24.6 Å². The molecule has 2 aliphatic heterocycles. The second-order valence-corrected chi connectivity index (χ2v) is 8.23. The molecular formula is C15H15F2N5O3S. The molecule has 26 heavy (non-hydrogen) atoms. The summed E-state index contributed by atoms with van der Waals surface area (Å²) >= 11 is 0. The number of amides is 1. The Kier molecular flexibility index (Phi) is 3.99. The Morgan fingerprint density at radius 1 is 1.12 bits per heavy atom. The number of nitrogens with zero attached hydrogens (tertiary/aromatic N) is 4. The molecule has 138 valence electrons. The first kappa shape index (κ1) is 17.0. The van der Waals surface area contributed by atoms with Gasteiger partial charge in [-0.2, -0.15) is 19.7 Å². The van der Waals surface area contributed by atoms with Crippen molar-refractivity contribution >= 4 is 15.9 Å². The maximum atomic E-state index is 13.5. The van der Waals surface area contributed by atoms with Crippen LogP contribution in [0.1, 0.15) is 23.3 Å². The molecule has 0 radical (unpaired) electrons. The highest BCUT2D eigenvalue weighted by atomic mass is 32.2. The summed E-state index contributed by atoms with van der Waals surface area (Å²) in [7, 11) is -4.06. The zero-order chi connectivity index (χ0) is 18.5. The molecule has 1 aromatic carbocycles. The van der Waals surface area contributed by atoms with Crippen molar-refractivity contribution in [2.75, 3.05) is 13.1 Å². The summed E-state index contributed by atoms with van der Waals surface area (Å²) in [6.45, 7) is 0.387. The fourth-order valence-electron chi connectivity index (χ4n) is 3.69. The summed E-state index contributed by atoms with van der Waals surface area (Å²) in [5.74, 6) is -2.23. The lowest BCUT2D eigenvalue weighted by atomic mass is 10.2. The number of halogens is 2. The molecule has 2 bridgehead atoms. The van der Waals surface area contributed by atoms with Crippen LogP contribution in [0, 0.1) is 11.6 Å². The number of aromatic nitrogens is 3. The maximum Gasteiger partial charge on any atom is 0.276 e. The van der Waals surface area contributed by atoms with Crippen LogP contribution in [-0.4, -0.2) is 64.1 Å². The largest absolute Gasteiger partial charge is 0.334 e. The first-order valence-corrected chi connectivity index (χ1v) is 9.45. The van der Waals surface area contributed by atoms with E-state index in [0.29, 0.717) is 18.9 Å². The first-order valence-electron chi connectivity index (χ1n) is 8.01. The number of carbonyl (C=O) groups excluding carboxylic acids is 1. The van der Waals surface area contributed by atoms with Crippen LogP contribution in [0.15, 0.2) is 29.3 Å². The highest BCUT2D eigenvalue weighted by molar-refractivity contribution is 7.89. The van der Waals surface area contributed by atoms with Crippen molar-refractivity contribution in [3.8, 4) is 0 Å². The summed E-state index contributed by atoms with van der Waals surface area (Å²) in [5, 5.41) is 9.72. The standard InChI is InChI=1S/C15H15F2N5O3S/c16-9-3-10(17)5-13(4-9)26(24,25)22-11-1-2-12(22)8-21(7-11)15(23)14-6-18-20-19-14/h3-6,11-12H,1-2,7-8H2,(H,18,19,20). The van der Waals surface area contributed by atoms with E-state index in [1.54, 1.807) is 4.90 Å². The number of benzene rings is 1. The lowest BCUT2D eigenvalue weighted by Gasteiger charge is -2.39. The molecule has 2 fully saturated rings. The SMILES string of the molecule is O=C(c1cn[nH]n1)N1CC2CCC(C1)N2S(=O)(=O)c1cc(F)cc(F)c1. The molecule has 0 saturated carbocycles. The number of hydrogen-bond donors (Lipinski definition) is 1. The molecule has 2 aliphatic rings. The molecule has 4 rings (SSSR count). The number of sulfonamides is 1. The molecule has 3 heterocycles. The minimum Gasteiger partial charge on any atom is -0.334 e. The third-order valence-corrected chi connectivity index (χ3v) is 6.73. The lowest BCUT2D eigenvalue weighted by Crippen LogP contribution is -2.57. The lowest BCUT2D eigenvalue weighted by molar-refractivity contribution is 0.0609. The fourth-order valence-corrected chi connectivity index (χ4v) is 5.58. The minimum absolute atomic E-state index is 0.160. The van der Waals surface area contributed by atoms with Crippen LogP contribution in [-0.2, 0) is 10.0 Å². The van der Waals surface area contributed by atoms with Gasteiger partial charge in [-0.3, -0.25) is 4.79 Å².